The molecule has 0 fully saturated rings. The Balaban J connectivity index is -0.000000000682. The van der Waals surface area contributed by atoms with Gasteiger partial charge < -0.3 is 71.3 Å². The van der Waals surface area contributed by atoms with Crippen molar-refractivity contribution in [3.8, 4) is 0 Å². The van der Waals surface area contributed by atoms with Gasteiger partial charge >= 0.3 is 65.5 Å². The molecule has 0 unspecified atom stereocenters. The third-order valence-electron chi connectivity index (χ3n) is 0. The monoisotopic (exact) mass is 328 g/mol. The molecule has 15 heteroatoms. The normalized spacial score (nSPS) is 1.80. The van der Waals surface area contributed by atoms with E-state index in [2.05, 4.69) is 0 Å². The molecule has 0 radical (unpaired) electrons. The molecule has 0 aliphatic heterocycles. The summed E-state index contributed by atoms with van der Waals surface area (Å²) < 4.78 is 0. The van der Waals surface area contributed by atoms with Gasteiger partial charge in [0.1, 0.15) is 0 Å². The van der Waals surface area contributed by atoms with Gasteiger partial charge in [-0.2, -0.15) is 0 Å². The second-order valence-corrected chi connectivity index (χ2v) is 0.346. The molecule has 0 rings (SSSR count). The van der Waals surface area contributed by atoms with Crippen molar-refractivity contribution in [1.82, 2.24) is 0 Å². The second kappa shape index (κ2) is 167. The van der Waals surface area contributed by atoms with E-state index in [0.29, 0.717) is 0 Å². The van der Waals surface area contributed by atoms with Crippen molar-refractivity contribution in [3.05, 3.63) is 0 Å². The van der Waals surface area contributed by atoms with Crippen molar-refractivity contribution in [2.45, 2.75) is 0 Å². The Labute approximate surface area is 135 Å². The molecule has 0 aromatic heterocycles. The summed E-state index contributed by atoms with van der Waals surface area (Å²) in [5, 5.41) is 21.5. The first-order valence-electron chi connectivity index (χ1n) is 0.775. The van der Waals surface area contributed by atoms with Gasteiger partial charge in [-0.1, -0.05) is 0 Å². The first kappa shape index (κ1) is 204. The van der Waals surface area contributed by atoms with Crippen LogP contribution in [0.2, 0.25) is 0 Å². The smallest absolute Gasteiger partial charge is 1.00 e. The molecule has 0 aliphatic carbocycles. The van der Waals surface area contributed by atoms with Gasteiger partial charge in [-0.3, -0.25) is 0 Å². The molecule has 0 atom stereocenters. The Kier molecular flexibility index (Phi) is 2270. The Morgan fingerprint density at radius 3 is 0.467 bits per heavy atom. The van der Waals surface area contributed by atoms with E-state index in [1.807, 2.05) is 0 Å². The van der Waals surface area contributed by atoms with Crippen LogP contribution in [0.3, 0.4) is 0 Å². The van der Waals surface area contributed by atoms with Crippen molar-refractivity contribution < 1.29 is 129 Å². The average molecular weight is 328 g/mol. The Hall–Kier alpha value is 1.35. The second-order valence-electron chi connectivity index (χ2n) is 0.346. The molecule has 0 saturated heterocycles. The van der Waals surface area contributed by atoms with Gasteiger partial charge in [0.15, 0.2) is 0 Å². The summed E-state index contributed by atoms with van der Waals surface area (Å²) in [6.07, 6.45) is 0. The fourth-order valence-corrected chi connectivity index (χ4v) is 0. The summed E-state index contributed by atoms with van der Waals surface area (Å²) in [7, 11) is -2.17. The number of hydrogen-bond acceptors (Lipinski definition) is 3. The minimum absolute atomic E-state index is 0. The van der Waals surface area contributed by atoms with Gasteiger partial charge in [-0.25, -0.2) is 0 Å². The molecule has 0 saturated carbocycles. The van der Waals surface area contributed by atoms with Crippen LogP contribution in [0.5, 0.6) is 0 Å². The summed E-state index contributed by atoms with van der Waals surface area (Å²) in [6, 6.07) is 0. The van der Waals surface area contributed by atoms with Crippen molar-refractivity contribution in [2.75, 3.05) is 0 Å². The fraction of sp³-hybridized carbons (Fsp3) is 0. The molecule has 106 valence electrons. The molecule has 0 heterocycles. The fourth-order valence-electron chi connectivity index (χ4n) is 0. The molecule has 0 aromatic carbocycles. The average Bonchev–Trinajstić information content (AvgIpc) is 0.811. The van der Waals surface area contributed by atoms with E-state index in [-0.39, 0.29) is 114 Å². The van der Waals surface area contributed by atoms with E-state index in [1.165, 1.54) is 0 Å². The van der Waals surface area contributed by atoms with E-state index in [1.54, 1.807) is 0 Å². The first-order valence-corrected chi connectivity index (χ1v) is 0.775. The van der Waals surface area contributed by atoms with Crippen LogP contribution in [0.4, 0.5) is 0 Å². The molecule has 0 bridgehead atoms. The number of hydrogen-bond donors (Lipinski definition) is 3. The summed E-state index contributed by atoms with van der Waals surface area (Å²) in [4.78, 5) is 0. The molecule has 0 spiro atoms. The molecular formula is H24BO13Rb. The van der Waals surface area contributed by atoms with E-state index >= 15 is 0 Å². The van der Waals surface area contributed by atoms with Crippen LogP contribution in [0.15, 0.2) is 0 Å². The zero-order chi connectivity index (χ0) is 3.58. The maximum atomic E-state index is 7.17. The molecule has 0 aliphatic rings. The van der Waals surface area contributed by atoms with E-state index in [9.17, 15) is 0 Å². The van der Waals surface area contributed by atoms with Crippen LogP contribution in [-0.2, 0) is 0 Å². The predicted molar refractivity (Wildman–Crippen MR) is 49.7 cm³/mol. The van der Waals surface area contributed by atoms with Crippen molar-refractivity contribution in [3.63, 3.8) is 0 Å². The summed E-state index contributed by atoms with van der Waals surface area (Å²) in [5.41, 5.74) is 0. The van der Waals surface area contributed by atoms with Crippen LogP contribution < -0.4 is 58.2 Å². The van der Waals surface area contributed by atoms with Gasteiger partial charge in [-0.15, -0.1) is 0 Å². The predicted octanol–water partition coefficient (Wildman–Crippen LogP) is -13.2. The topological polar surface area (TPSA) is 376 Å². The molecule has 13 nitrogen and oxygen atoms in total. The van der Waals surface area contributed by atoms with Gasteiger partial charge in [-0.05, 0) is 0 Å². The summed E-state index contributed by atoms with van der Waals surface area (Å²) in [5.74, 6) is 0. The van der Waals surface area contributed by atoms with Crippen molar-refractivity contribution in [1.29, 1.82) is 0 Å². The first-order chi connectivity index (χ1) is 1.73. The van der Waals surface area contributed by atoms with Crippen LogP contribution in [0.1, 0.15) is 1.43 Å². The zero-order valence-corrected chi connectivity index (χ0v) is 12.8. The van der Waals surface area contributed by atoms with E-state index in [0.717, 1.165) is 0 Å². The van der Waals surface area contributed by atoms with E-state index in [4.69, 9.17) is 15.1 Å². The molecule has 15 heavy (non-hydrogen) atoms. The third-order valence-corrected chi connectivity index (χ3v) is 0. The van der Waals surface area contributed by atoms with Crippen molar-refractivity contribution in [2.24, 2.45) is 0 Å². The maximum absolute atomic E-state index is 7.17. The van der Waals surface area contributed by atoms with Gasteiger partial charge in [0.2, 0.25) is 0 Å². The Bertz CT molecular complexity index is 20.6. The number of rotatable bonds is 0. The maximum Gasteiger partial charge on any atom is 1.00 e. The summed E-state index contributed by atoms with van der Waals surface area (Å²) >= 11 is 0. The van der Waals surface area contributed by atoms with Gasteiger partial charge in [0.25, 0.3) is 0 Å². The largest absolute Gasteiger partial charge is 1.00 e. The SMILES string of the molecule is O.O.O.O.O.O.O.O.O.O.OB(O)O.[H-].[Rb+]. The van der Waals surface area contributed by atoms with Crippen LogP contribution in [0, 0.1) is 0 Å². The molecule has 0 amide bonds. The Morgan fingerprint density at radius 2 is 0.467 bits per heavy atom. The van der Waals surface area contributed by atoms with Crippen LogP contribution in [0.25, 0.3) is 0 Å². The van der Waals surface area contributed by atoms with E-state index < -0.39 is 7.32 Å². The third kappa shape index (κ3) is 1500. The van der Waals surface area contributed by atoms with Crippen LogP contribution >= 0.6 is 0 Å². The molecular weight excluding hydrogens is 304 g/mol. The minimum atomic E-state index is -2.17. The van der Waals surface area contributed by atoms with Crippen LogP contribution in [-0.4, -0.2) is 77.2 Å². The zero-order valence-electron chi connectivity index (χ0n) is 8.92. The molecule has 0 aromatic rings. The van der Waals surface area contributed by atoms with Gasteiger partial charge in [0, 0.05) is 0 Å². The Morgan fingerprint density at radius 1 is 0.467 bits per heavy atom. The van der Waals surface area contributed by atoms with Gasteiger partial charge in [0.05, 0.1) is 0 Å². The van der Waals surface area contributed by atoms with Crippen molar-refractivity contribution >= 4 is 7.32 Å². The minimum Gasteiger partial charge on any atom is -1.00 e. The quantitative estimate of drug-likeness (QED) is 0.364. The summed E-state index contributed by atoms with van der Waals surface area (Å²) in [6.45, 7) is 0. The standard InChI is InChI=1S/BH3O3.10H2O.Rb.H/c2-1(3)4;;;;;;;;;;;;/h2-4H;10*1H2;;/q;;;;;;;;;;;+1;-1. The molecule has 23 N–H and O–H groups in total.